The van der Waals surface area contributed by atoms with Crippen LogP contribution < -0.4 is 5.32 Å². The summed E-state index contributed by atoms with van der Waals surface area (Å²) in [5.74, 6) is -1.03. The van der Waals surface area contributed by atoms with Gasteiger partial charge in [-0.3, -0.25) is 4.79 Å². The van der Waals surface area contributed by atoms with Crippen molar-refractivity contribution in [3.63, 3.8) is 0 Å². The van der Waals surface area contributed by atoms with E-state index in [4.69, 9.17) is 0 Å². The maximum absolute atomic E-state index is 13.0. The van der Waals surface area contributed by atoms with E-state index in [1.54, 1.807) is 6.92 Å². The summed E-state index contributed by atoms with van der Waals surface area (Å²) in [6.07, 6.45) is 1.01. The first-order valence-corrected chi connectivity index (χ1v) is 5.25. The number of benzene rings is 1. The average molecular weight is 248 g/mol. The molecule has 0 fully saturated rings. The van der Waals surface area contributed by atoms with Crippen molar-refractivity contribution in [2.45, 2.75) is 6.92 Å². The van der Waals surface area contributed by atoms with Gasteiger partial charge in [0, 0.05) is 5.56 Å². The number of pyridine rings is 1. The quantitative estimate of drug-likeness (QED) is 0.887. The molecule has 0 bridgehead atoms. The lowest BCUT2D eigenvalue weighted by Crippen LogP contribution is -2.13. The summed E-state index contributed by atoms with van der Waals surface area (Å²) >= 11 is 0. The molecule has 0 saturated heterocycles. The second kappa shape index (κ2) is 4.91. The second-order valence-electron chi connectivity index (χ2n) is 3.78. The summed E-state index contributed by atoms with van der Waals surface area (Å²) in [5.41, 5.74) is 0.703. The van der Waals surface area contributed by atoms with Crippen LogP contribution in [-0.2, 0) is 0 Å². The lowest BCUT2D eigenvalue weighted by atomic mass is 10.1. The van der Waals surface area contributed by atoms with Crippen LogP contribution in [0, 0.1) is 18.6 Å². The fourth-order valence-corrected chi connectivity index (χ4v) is 1.42. The number of anilines is 1. The zero-order valence-electron chi connectivity index (χ0n) is 9.58. The highest BCUT2D eigenvalue weighted by Gasteiger charge is 2.08. The molecule has 1 aromatic carbocycles. The molecule has 1 N–H and O–H groups in total. The molecule has 0 radical (unpaired) electrons. The van der Waals surface area contributed by atoms with Crippen LogP contribution >= 0.6 is 0 Å². The molecular formula is C13H10F2N2O. The maximum Gasteiger partial charge on any atom is 0.256 e. The molecule has 5 heteroatoms. The van der Waals surface area contributed by atoms with E-state index in [-0.39, 0.29) is 11.6 Å². The summed E-state index contributed by atoms with van der Waals surface area (Å²) in [7, 11) is 0. The molecule has 0 unspecified atom stereocenters. The van der Waals surface area contributed by atoms with Gasteiger partial charge in [0.05, 0.1) is 6.20 Å². The normalized spacial score (nSPS) is 10.2. The molecule has 0 saturated carbocycles. The molecular weight excluding hydrogens is 238 g/mol. The fourth-order valence-electron chi connectivity index (χ4n) is 1.42. The van der Waals surface area contributed by atoms with Crippen molar-refractivity contribution in [2.75, 3.05) is 5.32 Å². The maximum atomic E-state index is 13.0. The lowest BCUT2D eigenvalue weighted by Gasteiger charge is -2.05. The monoisotopic (exact) mass is 248 g/mol. The first kappa shape index (κ1) is 12.2. The van der Waals surface area contributed by atoms with Gasteiger partial charge >= 0.3 is 0 Å². The molecule has 0 spiro atoms. The minimum Gasteiger partial charge on any atom is -0.307 e. The zero-order chi connectivity index (χ0) is 13.1. The Bertz CT molecular complexity index is 582. The highest BCUT2D eigenvalue weighted by molar-refractivity contribution is 6.03. The van der Waals surface area contributed by atoms with E-state index in [0.29, 0.717) is 11.1 Å². The van der Waals surface area contributed by atoms with Crippen molar-refractivity contribution in [1.82, 2.24) is 4.98 Å². The van der Waals surface area contributed by atoms with Gasteiger partial charge in [0.25, 0.3) is 5.91 Å². The number of aromatic nitrogens is 1. The zero-order valence-corrected chi connectivity index (χ0v) is 9.58. The van der Waals surface area contributed by atoms with Crippen molar-refractivity contribution in [3.8, 4) is 0 Å². The minimum absolute atomic E-state index is 0.239. The van der Waals surface area contributed by atoms with E-state index < -0.39 is 11.7 Å². The van der Waals surface area contributed by atoms with Gasteiger partial charge in [-0.2, -0.15) is 0 Å². The first-order chi connectivity index (χ1) is 8.56. The number of hydrogen-bond donors (Lipinski definition) is 1. The van der Waals surface area contributed by atoms with Crippen LogP contribution in [0.5, 0.6) is 0 Å². The third-order valence-corrected chi connectivity index (χ3v) is 2.39. The summed E-state index contributed by atoms with van der Waals surface area (Å²) < 4.78 is 25.7. The van der Waals surface area contributed by atoms with Gasteiger partial charge in [0.1, 0.15) is 17.5 Å². The van der Waals surface area contributed by atoms with Gasteiger partial charge in [-0.1, -0.05) is 0 Å². The largest absolute Gasteiger partial charge is 0.307 e. The molecule has 2 rings (SSSR count). The third kappa shape index (κ3) is 2.68. The molecule has 0 atom stereocenters. The average Bonchev–Trinajstić information content (AvgIpc) is 2.35. The summed E-state index contributed by atoms with van der Waals surface area (Å²) in [4.78, 5) is 15.5. The van der Waals surface area contributed by atoms with E-state index in [0.717, 1.165) is 6.20 Å². The molecule has 0 aliphatic heterocycles. The Morgan fingerprint density at radius 2 is 2.00 bits per heavy atom. The Kier molecular flexibility index (Phi) is 3.32. The van der Waals surface area contributed by atoms with E-state index in [9.17, 15) is 13.6 Å². The van der Waals surface area contributed by atoms with Crippen LogP contribution in [0.4, 0.5) is 14.6 Å². The van der Waals surface area contributed by atoms with E-state index >= 15 is 0 Å². The molecule has 1 amide bonds. The number of hydrogen-bond acceptors (Lipinski definition) is 2. The molecule has 0 aliphatic carbocycles. The van der Waals surface area contributed by atoms with Gasteiger partial charge in [0.2, 0.25) is 0 Å². The van der Waals surface area contributed by atoms with Crippen molar-refractivity contribution in [2.24, 2.45) is 0 Å². The Morgan fingerprint density at radius 3 is 2.61 bits per heavy atom. The number of amides is 1. The van der Waals surface area contributed by atoms with Crippen LogP contribution in [-0.4, -0.2) is 10.9 Å². The lowest BCUT2D eigenvalue weighted by molar-refractivity contribution is 0.102. The second-order valence-corrected chi connectivity index (χ2v) is 3.78. The Hall–Kier alpha value is -2.30. The van der Waals surface area contributed by atoms with E-state index in [1.165, 1.54) is 30.3 Å². The SMILES string of the molecule is Cc1cc(C(=O)Nc2ccc(F)cn2)ccc1F. The molecule has 2 aromatic rings. The Morgan fingerprint density at radius 1 is 1.22 bits per heavy atom. The predicted molar refractivity (Wildman–Crippen MR) is 63.3 cm³/mol. The van der Waals surface area contributed by atoms with Crippen LogP contribution in [0.1, 0.15) is 15.9 Å². The Labute approximate surface area is 102 Å². The first-order valence-electron chi connectivity index (χ1n) is 5.25. The van der Waals surface area contributed by atoms with Gasteiger partial charge in [-0.25, -0.2) is 13.8 Å². The smallest absolute Gasteiger partial charge is 0.256 e. The van der Waals surface area contributed by atoms with Gasteiger partial charge in [-0.05, 0) is 42.8 Å². The van der Waals surface area contributed by atoms with E-state index in [2.05, 4.69) is 10.3 Å². The van der Waals surface area contributed by atoms with Crippen LogP contribution in [0.3, 0.4) is 0 Å². The summed E-state index contributed by atoms with van der Waals surface area (Å²) in [5, 5.41) is 2.49. The van der Waals surface area contributed by atoms with Gasteiger partial charge in [0.15, 0.2) is 0 Å². The molecule has 1 heterocycles. The standard InChI is InChI=1S/C13H10F2N2O/c1-8-6-9(2-4-11(8)15)13(18)17-12-5-3-10(14)7-16-12/h2-7H,1H3,(H,16,17,18). The molecule has 3 nitrogen and oxygen atoms in total. The fraction of sp³-hybridized carbons (Fsp3) is 0.0769. The number of carbonyl (C=O) groups excluding carboxylic acids is 1. The van der Waals surface area contributed by atoms with Crippen molar-refractivity contribution in [1.29, 1.82) is 0 Å². The number of nitrogens with one attached hydrogen (secondary N) is 1. The number of aryl methyl sites for hydroxylation is 1. The topological polar surface area (TPSA) is 42.0 Å². The predicted octanol–water partition coefficient (Wildman–Crippen LogP) is 2.92. The molecule has 0 aliphatic rings. The highest BCUT2D eigenvalue weighted by Crippen LogP contribution is 2.11. The van der Waals surface area contributed by atoms with Crippen molar-refractivity contribution >= 4 is 11.7 Å². The number of rotatable bonds is 2. The van der Waals surface area contributed by atoms with Crippen LogP contribution in [0.25, 0.3) is 0 Å². The van der Waals surface area contributed by atoms with Crippen molar-refractivity contribution in [3.05, 3.63) is 59.3 Å². The summed E-state index contributed by atoms with van der Waals surface area (Å²) in [6.45, 7) is 1.57. The number of halogens is 2. The molecule has 18 heavy (non-hydrogen) atoms. The highest BCUT2D eigenvalue weighted by atomic mass is 19.1. The van der Waals surface area contributed by atoms with Crippen LogP contribution in [0.2, 0.25) is 0 Å². The number of nitrogens with zero attached hydrogens (tertiary/aromatic N) is 1. The van der Waals surface area contributed by atoms with Crippen molar-refractivity contribution < 1.29 is 13.6 Å². The number of carbonyl (C=O) groups is 1. The molecule has 1 aromatic heterocycles. The van der Waals surface area contributed by atoms with Crippen LogP contribution in [0.15, 0.2) is 36.5 Å². The van der Waals surface area contributed by atoms with E-state index in [1.807, 2.05) is 0 Å². The third-order valence-electron chi connectivity index (χ3n) is 2.39. The van der Waals surface area contributed by atoms with Gasteiger partial charge < -0.3 is 5.32 Å². The van der Waals surface area contributed by atoms with Gasteiger partial charge in [-0.15, -0.1) is 0 Å². The minimum atomic E-state index is -0.481. The molecule has 92 valence electrons. The Balaban J connectivity index is 2.16. The summed E-state index contributed by atoms with van der Waals surface area (Å²) in [6, 6.07) is 6.58.